The Bertz CT molecular complexity index is 3280. The minimum atomic E-state index is -5.20. The highest BCUT2D eigenvalue weighted by Gasteiger charge is 2.25. The van der Waals surface area contributed by atoms with Gasteiger partial charge in [-0.25, -0.2) is 0 Å². The molecule has 6 rings (SSSR count). The minimum absolute atomic E-state index is 0.00534. The number of halogens is 1. The quantitative estimate of drug-likeness (QED) is 0.0535. The highest BCUT2D eigenvalue weighted by molar-refractivity contribution is 7.87. The smallest absolute Gasteiger partial charge is 0.296 e. The molecule has 6 aromatic rings. The number of benzene rings is 5. The van der Waals surface area contributed by atoms with E-state index in [2.05, 4.69) is 46.0 Å². The van der Waals surface area contributed by atoms with Gasteiger partial charge in [0.2, 0.25) is 17.2 Å². The summed E-state index contributed by atoms with van der Waals surface area (Å²) >= 11 is 6.01. The van der Waals surface area contributed by atoms with Gasteiger partial charge in [-0.1, -0.05) is 12.1 Å². The molecule has 0 radical (unpaired) electrons. The molecule has 6 N–H and O–H groups in total. The van der Waals surface area contributed by atoms with Crippen LogP contribution in [-0.2, 0) is 40.5 Å². The fraction of sp³-hybridized carbons (Fsp3) is 0.0938. The van der Waals surface area contributed by atoms with Crippen molar-refractivity contribution < 1.29 is 61.4 Å². The van der Waals surface area contributed by atoms with E-state index in [1.54, 1.807) is 7.05 Å². The number of nitrogens with one attached hydrogen (secondary N) is 2. The normalized spacial score (nSPS) is 12.7. The van der Waals surface area contributed by atoms with Crippen LogP contribution in [0.4, 0.5) is 40.3 Å². The minimum Gasteiger partial charge on any atom is -0.494 e. The Morgan fingerprint density at radius 1 is 0.583 bits per heavy atom. The van der Waals surface area contributed by atoms with E-state index < -0.39 is 76.5 Å². The summed E-state index contributed by atoms with van der Waals surface area (Å²) in [6.07, 6.45) is 0. The van der Waals surface area contributed by atoms with Gasteiger partial charge in [-0.3, -0.25) is 18.2 Å². The van der Waals surface area contributed by atoms with E-state index in [9.17, 15) is 51.9 Å². The standard InChI is InChI=1S/C32H26ClN9O14S4/c1-34-31-36-30(33)37-32(38-31)35-20-8-7-19(17-5-4-6-26(29(17)20)58(46,47)48)39-40-21-13-25(56-3)22(14-24(21)55-2)41-42-23-12-18-15(10-28(23)60(52,53)54)9-16(57(43,44)45)11-27(18)59(49,50)51/h4-14H,1-3H3,(H,43,44,45)(H,46,47,48)(H,49,50,51)(H,52,53,54)(H2,34,35,36,37,38). The van der Waals surface area contributed by atoms with Crippen molar-refractivity contribution in [2.75, 3.05) is 31.9 Å². The number of nitrogens with zero attached hydrogens (tertiary/aromatic N) is 7. The maximum atomic E-state index is 12.5. The zero-order valence-corrected chi connectivity index (χ0v) is 34.4. The number of methoxy groups -OCH3 is 2. The number of anilines is 3. The Kier molecular flexibility index (Phi) is 11.8. The third-order valence-electron chi connectivity index (χ3n) is 8.17. The molecule has 0 unspecified atom stereocenters. The highest BCUT2D eigenvalue weighted by Crippen LogP contribution is 2.44. The summed E-state index contributed by atoms with van der Waals surface area (Å²) in [5.74, 6) is -0.0685. The van der Waals surface area contributed by atoms with E-state index >= 15 is 0 Å². The predicted octanol–water partition coefficient (Wildman–Crippen LogP) is 6.45. The van der Waals surface area contributed by atoms with Crippen molar-refractivity contribution >= 4 is 114 Å². The van der Waals surface area contributed by atoms with Crippen molar-refractivity contribution in [1.29, 1.82) is 0 Å². The summed E-state index contributed by atoms with van der Waals surface area (Å²) in [7, 11) is -16.2. The number of ether oxygens (including phenoxy) is 2. The van der Waals surface area contributed by atoms with Gasteiger partial charge in [-0.15, -0.1) is 20.5 Å². The topological polar surface area (TPSA) is 348 Å². The molecule has 0 aliphatic heterocycles. The van der Waals surface area contributed by atoms with Crippen LogP contribution in [0.1, 0.15) is 0 Å². The molecular weight excluding hydrogens is 898 g/mol. The first kappa shape index (κ1) is 43.5. The van der Waals surface area contributed by atoms with E-state index in [4.69, 9.17) is 21.1 Å². The van der Waals surface area contributed by atoms with Crippen LogP contribution >= 0.6 is 11.6 Å². The van der Waals surface area contributed by atoms with Crippen molar-refractivity contribution in [3.05, 3.63) is 72.0 Å². The second-order valence-electron chi connectivity index (χ2n) is 11.9. The Hall–Kier alpha value is -6.04. The molecule has 0 saturated carbocycles. The van der Waals surface area contributed by atoms with E-state index in [0.717, 1.165) is 12.1 Å². The number of hydrogen-bond donors (Lipinski definition) is 6. The third-order valence-corrected chi connectivity index (χ3v) is 11.8. The van der Waals surface area contributed by atoms with Gasteiger partial charge in [-0.2, -0.15) is 48.6 Å². The maximum Gasteiger partial charge on any atom is 0.296 e. The maximum absolute atomic E-state index is 12.5. The van der Waals surface area contributed by atoms with Crippen LogP contribution in [0.3, 0.4) is 0 Å². The number of fused-ring (bicyclic) bond motifs is 2. The molecule has 0 aliphatic carbocycles. The lowest BCUT2D eigenvalue weighted by molar-refractivity contribution is 0.405. The van der Waals surface area contributed by atoms with Gasteiger partial charge < -0.3 is 20.1 Å². The van der Waals surface area contributed by atoms with Crippen LogP contribution in [0, 0.1) is 0 Å². The second-order valence-corrected chi connectivity index (χ2v) is 17.8. The molecule has 0 spiro atoms. The molecule has 5 aromatic carbocycles. The Labute approximate surface area is 344 Å². The Morgan fingerprint density at radius 2 is 1.15 bits per heavy atom. The number of hydrogen-bond acceptors (Lipinski definition) is 19. The summed E-state index contributed by atoms with van der Waals surface area (Å²) in [5, 5.41) is 21.0. The zero-order valence-electron chi connectivity index (χ0n) is 30.4. The first-order valence-corrected chi connectivity index (χ1v) is 22.2. The van der Waals surface area contributed by atoms with E-state index in [1.807, 2.05) is 0 Å². The van der Waals surface area contributed by atoms with Gasteiger partial charge in [0, 0.05) is 35.3 Å². The van der Waals surface area contributed by atoms with Crippen LogP contribution in [0.2, 0.25) is 5.28 Å². The lowest BCUT2D eigenvalue weighted by atomic mass is 10.1. The Morgan fingerprint density at radius 3 is 1.70 bits per heavy atom. The number of rotatable bonds is 13. The first-order chi connectivity index (χ1) is 28.0. The molecule has 0 saturated heterocycles. The molecule has 28 heteroatoms. The van der Waals surface area contributed by atoms with Crippen LogP contribution < -0.4 is 20.1 Å². The van der Waals surface area contributed by atoms with Gasteiger partial charge in [-0.05, 0) is 59.5 Å². The summed E-state index contributed by atoms with van der Waals surface area (Å²) in [6.45, 7) is 0. The SMILES string of the molecule is CNc1nc(Cl)nc(Nc2ccc(N=Nc3cc(OC)c(N=Nc4cc5c(S(=O)(=O)O)cc(S(=O)(=O)O)cc5cc4S(=O)(=O)O)cc3OC)c3cccc(S(=O)(=O)O)c23)n1. The van der Waals surface area contributed by atoms with Crippen molar-refractivity contribution in [2.45, 2.75) is 19.6 Å². The van der Waals surface area contributed by atoms with Crippen LogP contribution in [0.25, 0.3) is 21.5 Å². The van der Waals surface area contributed by atoms with Crippen LogP contribution in [-0.4, -0.2) is 88.1 Å². The molecule has 314 valence electrons. The summed E-state index contributed by atoms with van der Waals surface area (Å²) in [6, 6.07) is 12.0. The zero-order chi connectivity index (χ0) is 43.9. The van der Waals surface area contributed by atoms with Crippen molar-refractivity contribution in [3.63, 3.8) is 0 Å². The van der Waals surface area contributed by atoms with Gasteiger partial charge in [0.25, 0.3) is 40.5 Å². The fourth-order valence-corrected chi connectivity index (χ4v) is 8.48. The number of azo groups is 2. The summed E-state index contributed by atoms with van der Waals surface area (Å²) in [4.78, 5) is 8.51. The van der Waals surface area contributed by atoms with Crippen LogP contribution in [0.15, 0.2) is 107 Å². The predicted molar refractivity (Wildman–Crippen MR) is 213 cm³/mol. The van der Waals surface area contributed by atoms with Crippen molar-refractivity contribution in [2.24, 2.45) is 20.5 Å². The average molecular weight is 924 g/mol. The lowest BCUT2D eigenvalue weighted by Gasteiger charge is -2.13. The molecule has 0 atom stereocenters. The van der Waals surface area contributed by atoms with Gasteiger partial charge in [0.15, 0.2) is 0 Å². The molecule has 0 bridgehead atoms. The van der Waals surface area contributed by atoms with E-state index in [-0.39, 0.29) is 62.2 Å². The van der Waals surface area contributed by atoms with Crippen molar-refractivity contribution in [3.8, 4) is 11.5 Å². The first-order valence-electron chi connectivity index (χ1n) is 16.0. The summed E-state index contributed by atoms with van der Waals surface area (Å²) < 4.78 is 148. The molecule has 0 amide bonds. The van der Waals surface area contributed by atoms with Crippen LogP contribution in [0.5, 0.6) is 11.5 Å². The largest absolute Gasteiger partial charge is 0.494 e. The second kappa shape index (κ2) is 16.2. The average Bonchev–Trinajstić information content (AvgIpc) is 3.16. The molecule has 23 nitrogen and oxygen atoms in total. The molecule has 1 heterocycles. The van der Waals surface area contributed by atoms with E-state index in [1.165, 1.54) is 50.6 Å². The molecule has 60 heavy (non-hydrogen) atoms. The fourth-order valence-electron chi connectivity index (χ4n) is 5.61. The summed E-state index contributed by atoms with van der Waals surface area (Å²) in [5.41, 5.74) is -0.612. The monoisotopic (exact) mass is 923 g/mol. The lowest BCUT2D eigenvalue weighted by Crippen LogP contribution is -2.05. The van der Waals surface area contributed by atoms with Gasteiger partial charge in [0.05, 0.1) is 30.5 Å². The van der Waals surface area contributed by atoms with Crippen molar-refractivity contribution in [1.82, 2.24) is 15.0 Å². The molecule has 1 aromatic heterocycles. The van der Waals surface area contributed by atoms with Gasteiger partial charge >= 0.3 is 0 Å². The molecule has 0 aliphatic rings. The van der Waals surface area contributed by atoms with Gasteiger partial charge in [0.1, 0.15) is 43.2 Å². The highest BCUT2D eigenvalue weighted by atomic mass is 35.5. The number of aromatic nitrogens is 3. The molecule has 0 fully saturated rings. The molecular formula is C32H26ClN9O14S4. The third kappa shape index (κ3) is 9.22. The van der Waals surface area contributed by atoms with E-state index in [0.29, 0.717) is 18.2 Å². The Balaban J connectivity index is 1.45.